The summed E-state index contributed by atoms with van der Waals surface area (Å²) in [6.07, 6.45) is 1.83. The molecule has 152 valence electrons. The minimum Gasteiger partial charge on any atom is -0.323 e. The highest BCUT2D eigenvalue weighted by molar-refractivity contribution is 6.31. The van der Waals surface area contributed by atoms with Gasteiger partial charge in [-0.1, -0.05) is 41.9 Å². The minimum atomic E-state index is -0.816. The molecule has 0 spiro atoms. The second kappa shape index (κ2) is 7.92. The number of aromatic nitrogens is 1. The lowest BCUT2D eigenvalue weighted by Crippen LogP contribution is -2.58. The summed E-state index contributed by atoms with van der Waals surface area (Å²) in [5.74, 6) is -0.425. The van der Waals surface area contributed by atoms with E-state index in [4.69, 9.17) is 11.6 Å². The van der Waals surface area contributed by atoms with E-state index in [0.717, 1.165) is 28.1 Å². The van der Waals surface area contributed by atoms with E-state index < -0.39 is 6.04 Å². The molecule has 0 aliphatic carbocycles. The summed E-state index contributed by atoms with van der Waals surface area (Å²) >= 11 is 6.34. The zero-order chi connectivity index (χ0) is 21.4. The molecule has 1 aliphatic rings. The number of pyridine rings is 1. The van der Waals surface area contributed by atoms with Gasteiger partial charge in [0.05, 0.1) is 0 Å². The number of aryl methyl sites for hydroxylation is 2. The van der Waals surface area contributed by atoms with Crippen molar-refractivity contribution in [3.05, 3.63) is 88.2 Å². The Morgan fingerprint density at radius 1 is 1.03 bits per heavy atom. The fourth-order valence-corrected chi connectivity index (χ4v) is 4.13. The largest absolute Gasteiger partial charge is 0.323 e. The molecule has 6 heteroatoms. The molecule has 5 nitrogen and oxygen atoms in total. The van der Waals surface area contributed by atoms with Gasteiger partial charge in [-0.05, 0) is 49.6 Å². The maximum atomic E-state index is 13.6. The number of carbonyl (C=O) groups excluding carboxylic acids is 2. The molecule has 2 amide bonds. The van der Waals surface area contributed by atoms with Crippen molar-refractivity contribution >= 4 is 34.8 Å². The standard InChI is InChI=1S/C24H22ClN3O2/c1-15-8-6-9-16(2)22(15)26-24(30)23-20-11-4-5-13-27(20)14-21(29)28(23)19-12-7-10-18(25)17(19)3/h4-13,23H,14H2,1-3H3/p+1/t23-/m0/s1. The molecule has 30 heavy (non-hydrogen) atoms. The SMILES string of the molecule is Cc1cccc(C)c1NC(=O)[C@@H]1c2cccc[n+]2CC(=O)N1c1cccc(Cl)c1C. The van der Waals surface area contributed by atoms with E-state index in [2.05, 4.69) is 5.32 Å². The van der Waals surface area contributed by atoms with Crippen LogP contribution in [0.2, 0.25) is 5.02 Å². The molecule has 0 saturated carbocycles. The van der Waals surface area contributed by atoms with Crippen LogP contribution in [0.5, 0.6) is 0 Å². The number of fused-ring (bicyclic) bond motifs is 1. The van der Waals surface area contributed by atoms with Gasteiger partial charge >= 0.3 is 0 Å². The van der Waals surface area contributed by atoms with E-state index in [0.29, 0.717) is 10.7 Å². The van der Waals surface area contributed by atoms with E-state index in [1.54, 1.807) is 17.0 Å². The number of hydrogen-bond donors (Lipinski definition) is 1. The van der Waals surface area contributed by atoms with Gasteiger partial charge in [-0.25, -0.2) is 0 Å². The highest BCUT2D eigenvalue weighted by atomic mass is 35.5. The third-order valence-corrected chi connectivity index (χ3v) is 5.97. The van der Waals surface area contributed by atoms with Crippen molar-refractivity contribution in [2.24, 2.45) is 0 Å². The first-order valence-electron chi connectivity index (χ1n) is 9.81. The number of amides is 2. The molecular formula is C24H23ClN3O2+. The third kappa shape index (κ3) is 3.46. The summed E-state index contributed by atoms with van der Waals surface area (Å²) in [6.45, 7) is 5.93. The van der Waals surface area contributed by atoms with Crippen molar-refractivity contribution in [1.29, 1.82) is 0 Å². The van der Waals surface area contributed by atoms with Crippen molar-refractivity contribution in [3.63, 3.8) is 0 Å². The van der Waals surface area contributed by atoms with Gasteiger partial charge in [0.15, 0.2) is 6.20 Å². The number of nitrogens with one attached hydrogen (secondary N) is 1. The van der Waals surface area contributed by atoms with Crippen molar-refractivity contribution < 1.29 is 14.2 Å². The molecule has 1 N–H and O–H groups in total. The van der Waals surface area contributed by atoms with Crippen LogP contribution in [-0.2, 0) is 16.1 Å². The predicted octanol–water partition coefficient (Wildman–Crippen LogP) is 4.28. The number of nitrogens with zero attached hydrogens (tertiary/aromatic N) is 2. The van der Waals surface area contributed by atoms with Crippen molar-refractivity contribution in [2.75, 3.05) is 10.2 Å². The van der Waals surface area contributed by atoms with Crippen LogP contribution in [0.4, 0.5) is 11.4 Å². The van der Waals surface area contributed by atoms with Gasteiger partial charge in [-0.2, -0.15) is 4.57 Å². The number of rotatable bonds is 3. The van der Waals surface area contributed by atoms with E-state index >= 15 is 0 Å². The lowest BCUT2D eigenvalue weighted by Gasteiger charge is -2.33. The summed E-state index contributed by atoms with van der Waals surface area (Å²) in [4.78, 5) is 28.4. The molecule has 1 aromatic heterocycles. The van der Waals surface area contributed by atoms with Crippen LogP contribution in [0, 0.1) is 20.8 Å². The Balaban J connectivity index is 1.84. The Morgan fingerprint density at radius 2 is 1.73 bits per heavy atom. The van der Waals surface area contributed by atoms with Crippen LogP contribution in [0.3, 0.4) is 0 Å². The Kier molecular flexibility index (Phi) is 5.31. The minimum absolute atomic E-state index is 0.161. The Hall–Kier alpha value is -3.18. The first kappa shape index (κ1) is 20.1. The predicted molar refractivity (Wildman–Crippen MR) is 118 cm³/mol. The molecule has 2 aromatic carbocycles. The number of halogens is 1. The molecule has 0 unspecified atom stereocenters. The summed E-state index contributed by atoms with van der Waals surface area (Å²) in [5.41, 5.74) is 4.87. The van der Waals surface area contributed by atoms with Gasteiger partial charge in [-0.15, -0.1) is 0 Å². The second-order valence-electron chi connectivity index (χ2n) is 7.56. The molecule has 0 fully saturated rings. The lowest BCUT2D eigenvalue weighted by atomic mass is 10.0. The van der Waals surface area contributed by atoms with Gasteiger partial charge in [-0.3, -0.25) is 14.5 Å². The molecule has 1 aliphatic heterocycles. The van der Waals surface area contributed by atoms with E-state index in [1.807, 2.05) is 74.0 Å². The Bertz CT molecular complexity index is 1140. The normalized spacial score (nSPS) is 15.7. The first-order valence-corrected chi connectivity index (χ1v) is 10.2. The molecule has 0 saturated heterocycles. The molecule has 0 radical (unpaired) electrons. The lowest BCUT2D eigenvalue weighted by molar-refractivity contribution is -0.695. The highest BCUT2D eigenvalue weighted by Crippen LogP contribution is 2.35. The molecule has 1 atom stereocenters. The summed E-state index contributed by atoms with van der Waals surface area (Å²) in [6, 6.07) is 16.1. The maximum Gasteiger partial charge on any atom is 0.294 e. The zero-order valence-corrected chi connectivity index (χ0v) is 17.9. The molecule has 4 rings (SSSR count). The average Bonchev–Trinajstić information content (AvgIpc) is 2.72. The third-order valence-electron chi connectivity index (χ3n) is 5.56. The summed E-state index contributed by atoms with van der Waals surface area (Å²) in [7, 11) is 0. The Morgan fingerprint density at radius 3 is 2.47 bits per heavy atom. The maximum absolute atomic E-state index is 13.6. The van der Waals surface area contributed by atoms with Crippen LogP contribution in [-0.4, -0.2) is 11.8 Å². The topological polar surface area (TPSA) is 53.3 Å². The number of benzene rings is 2. The van der Waals surface area contributed by atoms with Crippen molar-refractivity contribution in [2.45, 2.75) is 33.4 Å². The first-order chi connectivity index (χ1) is 14.4. The van der Waals surface area contributed by atoms with Crippen molar-refractivity contribution in [1.82, 2.24) is 0 Å². The number of hydrogen-bond acceptors (Lipinski definition) is 2. The van der Waals surface area contributed by atoms with Crippen molar-refractivity contribution in [3.8, 4) is 0 Å². The summed E-state index contributed by atoms with van der Waals surface area (Å²) in [5, 5.41) is 3.62. The van der Waals surface area contributed by atoms with Crippen LogP contribution in [0.15, 0.2) is 60.8 Å². The van der Waals surface area contributed by atoms with Gasteiger partial charge in [0.2, 0.25) is 18.3 Å². The van der Waals surface area contributed by atoms with E-state index in [9.17, 15) is 9.59 Å². The quantitative estimate of drug-likeness (QED) is 0.643. The number of para-hydroxylation sites is 1. The zero-order valence-electron chi connectivity index (χ0n) is 17.1. The Labute approximate surface area is 180 Å². The molecular weight excluding hydrogens is 398 g/mol. The van der Waals surface area contributed by atoms with Crippen LogP contribution in [0.1, 0.15) is 28.4 Å². The molecule has 0 bridgehead atoms. The summed E-state index contributed by atoms with van der Waals surface area (Å²) < 4.78 is 1.83. The fraction of sp³-hybridized carbons (Fsp3) is 0.208. The van der Waals surface area contributed by atoms with Gasteiger partial charge in [0.25, 0.3) is 11.8 Å². The van der Waals surface area contributed by atoms with E-state index in [-0.39, 0.29) is 18.4 Å². The highest BCUT2D eigenvalue weighted by Gasteiger charge is 2.44. The average molecular weight is 421 g/mol. The van der Waals surface area contributed by atoms with Crippen LogP contribution in [0.25, 0.3) is 0 Å². The van der Waals surface area contributed by atoms with Gasteiger partial charge in [0.1, 0.15) is 0 Å². The van der Waals surface area contributed by atoms with E-state index in [1.165, 1.54) is 0 Å². The van der Waals surface area contributed by atoms with Gasteiger partial charge in [0, 0.05) is 28.5 Å². The fourth-order valence-electron chi connectivity index (χ4n) is 3.97. The number of anilines is 2. The second-order valence-corrected chi connectivity index (χ2v) is 7.97. The molecule has 3 aromatic rings. The van der Waals surface area contributed by atoms with Crippen LogP contribution >= 0.6 is 11.6 Å². The van der Waals surface area contributed by atoms with Gasteiger partial charge < -0.3 is 5.32 Å². The number of carbonyl (C=O) groups is 2. The monoisotopic (exact) mass is 420 g/mol. The van der Waals surface area contributed by atoms with Crippen LogP contribution < -0.4 is 14.8 Å². The smallest absolute Gasteiger partial charge is 0.294 e. The molecule has 2 heterocycles.